The number of rotatable bonds is 7. The molecule has 0 fully saturated rings. The molecule has 0 aromatic heterocycles. The number of hydrogen-bond acceptors (Lipinski definition) is 4. The van der Waals surface area contributed by atoms with Crippen molar-refractivity contribution in [2.75, 3.05) is 38.6 Å². The van der Waals surface area contributed by atoms with Crippen LogP contribution in [0.3, 0.4) is 0 Å². The first-order chi connectivity index (χ1) is 9.49. The minimum absolute atomic E-state index is 0.531. The molecule has 0 unspecified atom stereocenters. The second-order valence-electron chi connectivity index (χ2n) is 5.35. The maximum atomic E-state index is 9.94. The average molecular weight is 275 g/mol. The second-order valence-corrected chi connectivity index (χ2v) is 5.35. The molecule has 1 aromatic carbocycles. The van der Waals surface area contributed by atoms with Crippen molar-refractivity contribution in [2.24, 2.45) is 0 Å². The lowest BCUT2D eigenvalue weighted by Crippen LogP contribution is -2.33. The number of hydrogen-bond donors (Lipinski definition) is 1. The fourth-order valence-corrected chi connectivity index (χ4v) is 2.18. The van der Waals surface area contributed by atoms with Gasteiger partial charge in [0.25, 0.3) is 0 Å². The highest BCUT2D eigenvalue weighted by Crippen LogP contribution is 2.27. The summed E-state index contributed by atoms with van der Waals surface area (Å²) in [6, 6.07) is 7.68. The molecular weight excluding hydrogens is 250 g/mol. The minimum Gasteiger partial charge on any atom is -0.389 e. The Labute approximate surface area is 122 Å². The lowest BCUT2D eigenvalue weighted by molar-refractivity contribution is 0.199. The van der Waals surface area contributed by atoms with E-state index in [-0.39, 0.29) is 0 Å². The smallest absolute Gasteiger partial charge is 0.0992 e. The van der Waals surface area contributed by atoms with Gasteiger partial charge >= 0.3 is 0 Å². The maximum Gasteiger partial charge on any atom is 0.0992 e. The van der Waals surface area contributed by atoms with E-state index in [0.717, 1.165) is 37.3 Å². The number of anilines is 1. The van der Waals surface area contributed by atoms with Crippen molar-refractivity contribution >= 4 is 5.69 Å². The number of aliphatic hydroxyl groups excluding tert-OH is 1. The molecule has 110 valence electrons. The molecular formula is C16H25N3O. The van der Waals surface area contributed by atoms with E-state index in [4.69, 9.17) is 5.26 Å². The Morgan fingerprint density at radius 3 is 2.45 bits per heavy atom. The van der Waals surface area contributed by atoms with E-state index in [1.807, 2.05) is 26.2 Å². The highest BCUT2D eigenvalue weighted by atomic mass is 16.3. The van der Waals surface area contributed by atoms with Crippen LogP contribution in [0.25, 0.3) is 0 Å². The monoisotopic (exact) mass is 275 g/mol. The molecule has 0 aliphatic rings. The van der Waals surface area contributed by atoms with Crippen molar-refractivity contribution < 1.29 is 5.11 Å². The van der Waals surface area contributed by atoms with E-state index in [0.29, 0.717) is 5.56 Å². The van der Waals surface area contributed by atoms with Gasteiger partial charge in [-0.05, 0) is 39.6 Å². The molecule has 1 aromatic rings. The Morgan fingerprint density at radius 2 is 1.95 bits per heavy atom. The van der Waals surface area contributed by atoms with Crippen LogP contribution in [0.4, 0.5) is 5.69 Å². The maximum absolute atomic E-state index is 9.94. The fraction of sp³-hybridized carbons (Fsp3) is 0.562. The van der Waals surface area contributed by atoms with Crippen LogP contribution < -0.4 is 4.90 Å². The number of aliphatic hydroxyl groups is 1. The molecule has 0 saturated carbocycles. The number of benzene rings is 1. The Kier molecular flexibility index (Phi) is 6.50. The molecule has 0 spiro atoms. The van der Waals surface area contributed by atoms with Crippen LogP contribution in [0.5, 0.6) is 0 Å². The van der Waals surface area contributed by atoms with Crippen molar-refractivity contribution in [3.8, 4) is 6.07 Å². The first-order valence-corrected chi connectivity index (χ1v) is 7.11. The molecule has 1 N–H and O–H groups in total. The van der Waals surface area contributed by atoms with Gasteiger partial charge in [0.15, 0.2) is 0 Å². The van der Waals surface area contributed by atoms with E-state index >= 15 is 0 Å². The molecule has 1 rings (SSSR count). The van der Waals surface area contributed by atoms with Crippen LogP contribution in [-0.2, 0) is 0 Å². The Morgan fingerprint density at radius 1 is 1.25 bits per heavy atom. The molecule has 0 bridgehead atoms. The third-order valence-corrected chi connectivity index (χ3v) is 3.26. The summed E-state index contributed by atoms with van der Waals surface area (Å²) in [6.45, 7) is 6.65. The number of likely N-dealkylation sites (N-methyl/N-ethyl adjacent to an activating group) is 1. The van der Waals surface area contributed by atoms with Crippen molar-refractivity contribution in [2.45, 2.75) is 26.4 Å². The summed E-state index contributed by atoms with van der Waals surface area (Å²) in [7, 11) is 4.09. The summed E-state index contributed by atoms with van der Waals surface area (Å²) in [6.07, 6.45) is 0.500. The van der Waals surface area contributed by atoms with Gasteiger partial charge < -0.3 is 14.9 Å². The zero-order chi connectivity index (χ0) is 15.1. The molecule has 4 heteroatoms. The van der Waals surface area contributed by atoms with Gasteiger partial charge in [-0.1, -0.05) is 13.0 Å². The van der Waals surface area contributed by atoms with E-state index in [1.54, 1.807) is 13.0 Å². The average Bonchev–Trinajstić information content (AvgIpc) is 2.42. The summed E-state index contributed by atoms with van der Waals surface area (Å²) in [5, 5.41) is 19.0. The van der Waals surface area contributed by atoms with Crippen molar-refractivity contribution in [1.29, 1.82) is 5.26 Å². The quantitative estimate of drug-likeness (QED) is 0.830. The molecule has 0 radical (unpaired) electrons. The van der Waals surface area contributed by atoms with E-state index in [9.17, 15) is 5.11 Å². The molecule has 0 saturated heterocycles. The lowest BCUT2D eigenvalue weighted by Gasteiger charge is -2.29. The summed E-state index contributed by atoms with van der Waals surface area (Å²) in [5.74, 6) is 0. The summed E-state index contributed by atoms with van der Waals surface area (Å²) in [5.41, 5.74) is 2.49. The first kappa shape index (κ1) is 16.5. The standard InChI is InChI=1S/C16H25N3O/c1-5-8-19(10-9-18(3)4)16-11-14(12-17)6-7-15(16)13(2)20/h6-7,11,13,20H,5,8-10H2,1-4H3/t13-/m0/s1. The van der Waals surface area contributed by atoms with Crippen LogP contribution in [-0.4, -0.2) is 43.7 Å². The zero-order valence-corrected chi connectivity index (χ0v) is 12.9. The van der Waals surface area contributed by atoms with Gasteiger partial charge in [-0.3, -0.25) is 0 Å². The van der Waals surface area contributed by atoms with Gasteiger partial charge in [-0.15, -0.1) is 0 Å². The third-order valence-electron chi connectivity index (χ3n) is 3.26. The molecule has 4 nitrogen and oxygen atoms in total. The Hall–Kier alpha value is -1.57. The summed E-state index contributed by atoms with van der Waals surface area (Å²) in [4.78, 5) is 4.39. The molecule has 0 aliphatic heterocycles. The number of nitrogens with zero attached hydrogens (tertiary/aromatic N) is 3. The van der Waals surface area contributed by atoms with Gasteiger partial charge in [0, 0.05) is 30.9 Å². The van der Waals surface area contributed by atoms with Crippen LogP contribution in [0.15, 0.2) is 18.2 Å². The SMILES string of the molecule is CCCN(CCN(C)C)c1cc(C#N)ccc1[C@H](C)O. The predicted molar refractivity (Wildman–Crippen MR) is 82.8 cm³/mol. The van der Waals surface area contributed by atoms with E-state index in [1.165, 1.54) is 0 Å². The minimum atomic E-state index is -0.531. The van der Waals surface area contributed by atoms with E-state index < -0.39 is 6.10 Å². The number of nitriles is 1. The van der Waals surface area contributed by atoms with Crippen LogP contribution in [0.2, 0.25) is 0 Å². The van der Waals surface area contributed by atoms with Gasteiger partial charge in [-0.2, -0.15) is 5.26 Å². The highest BCUT2D eigenvalue weighted by molar-refractivity contribution is 5.58. The van der Waals surface area contributed by atoms with Crippen LogP contribution in [0, 0.1) is 11.3 Å². The first-order valence-electron chi connectivity index (χ1n) is 7.11. The van der Waals surface area contributed by atoms with Gasteiger partial charge in [0.05, 0.1) is 17.7 Å². The summed E-state index contributed by atoms with van der Waals surface area (Å²) < 4.78 is 0. The van der Waals surface area contributed by atoms with Crippen molar-refractivity contribution in [3.63, 3.8) is 0 Å². The molecule has 0 amide bonds. The van der Waals surface area contributed by atoms with E-state index in [2.05, 4.69) is 22.8 Å². The Bertz CT molecular complexity index is 463. The predicted octanol–water partition coefficient (Wildman–Crippen LogP) is 2.39. The molecule has 0 heterocycles. The molecule has 20 heavy (non-hydrogen) atoms. The zero-order valence-electron chi connectivity index (χ0n) is 12.9. The largest absolute Gasteiger partial charge is 0.389 e. The molecule has 1 atom stereocenters. The van der Waals surface area contributed by atoms with Crippen molar-refractivity contribution in [1.82, 2.24) is 4.90 Å². The summed E-state index contributed by atoms with van der Waals surface area (Å²) >= 11 is 0. The van der Waals surface area contributed by atoms with Gasteiger partial charge in [0.1, 0.15) is 0 Å². The fourth-order valence-electron chi connectivity index (χ4n) is 2.18. The van der Waals surface area contributed by atoms with Gasteiger partial charge in [0.2, 0.25) is 0 Å². The molecule has 0 aliphatic carbocycles. The lowest BCUT2D eigenvalue weighted by atomic mass is 10.0. The van der Waals surface area contributed by atoms with Crippen molar-refractivity contribution in [3.05, 3.63) is 29.3 Å². The Balaban J connectivity index is 3.11. The van der Waals surface area contributed by atoms with Gasteiger partial charge in [-0.25, -0.2) is 0 Å². The van der Waals surface area contributed by atoms with Crippen LogP contribution in [0.1, 0.15) is 37.5 Å². The third kappa shape index (κ3) is 4.52. The normalized spacial score (nSPS) is 12.2. The highest BCUT2D eigenvalue weighted by Gasteiger charge is 2.15. The topological polar surface area (TPSA) is 50.5 Å². The van der Waals surface area contributed by atoms with Crippen LogP contribution >= 0.6 is 0 Å². The second kappa shape index (κ2) is 7.88.